The van der Waals surface area contributed by atoms with E-state index in [-0.39, 0.29) is 18.0 Å². The molecule has 0 saturated heterocycles. The number of nitrogens with one attached hydrogen (secondary N) is 1. The van der Waals surface area contributed by atoms with Crippen molar-refractivity contribution < 1.29 is 14.7 Å². The van der Waals surface area contributed by atoms with Crippen molar-refractivity contribution in [1.82, 2.24) is 5.32 Å². The molecule has 4 nitrogen and oxygen atoms in total. The minimum absolute atomic E-state index is 0.0489. The molecular weight excluding hydrogens is 242 g/mol. The molecule has 1 amide bonds. The fourth-order valence-corrected chi connectivity index (χ4v) is 1.28. The van der Waals surface area contributed by atoms with E-state index in [1.54, 1.807) is 6.07 Å². The van der Waals surface area contributed by atoms with E-state index in [9.17, 15) is 9.59 Å². The molecule has 0 aromatic heterocycles. The first-order valence-electron chi connectivity index (χ1n) is 4.77. The lowest BCUT2D eigenvalue weighted by Gasteiger charge is -1.99. The maximum Gasteiger partial charge on any atom is 0.337 e. The predicted molar refractivity (Wildman–Crippen MR) is 64.0 cm³/mol. The summed E-state index contributed by atoms with van der Waals surface area (Å²) < 4.78 is 0. The normalized spacial score (nSPS) is 9.06. The van der Waals surface area contributed by atoms with Gasteiger partial charge < -0.3 is 10.4 Å². The Hall–Kier alpha value is -1.99. The minimum atomic E-state index is -1.09. The molecule has 0 radical (unpaired) electrons. The molecule has 88 valence electrons. The molecule has 2 N–H and O–H groups in total. The zero-order valence-corrected chi connectivity index (χ0v) is 9.84. The average molecular weight is 252 g/mol. The molecule has 1 aromatic carbocycles. The van der Waals surface area contributed by atoms with Crippen LogP contribution in [0.3, 0.4) is 0 Å². The second-order valence-corrected chi connectivity index (χ2v) is 3.64. The largest absolute Gasteiger partial charge is 0.478 e. The quantitative estimate of drug-likeness (QED) is 0.784. The third kappa shape index (κ3) is 4.17. The standard InChI is InChI=1S/C12H10ClNO3/c1-8(15)14-6-2-3-9-4-5-10(13)7-11(9)12(16)17/h4-5,7H,6H2,1H3,(H,14,15)(H,16,17). The number of amides is 1. The molecule has 0 fully saturated rings. The van der Waals surface area contributed by atoms with Gasteiger partial charge in [-0.1, -0.05) is 23.4 Å². The Labute approximate surface area is 104 Å². The van der Waals surface area contributed by atoms with Gasteiger partial charge >= 0.3 is 5.97 Å². The van der Waals surface area contributed by atoms with Gasteiger partial charge in [0, 0.05) is 17.5 Å². The number of hydrogen-bond acceptors (Lipinski definition) is 2. The predicted octanol–water partition coefficient (Wildman–Crippen LogP) is 1.53. The fourth-order valence-electron chi connectivity index (χ4n) is 1.11. The van der Waals surface area contributed by atoms with Crippen LogP contribution >= 0.6 is 11.6 Å². The van der Waals surface area contributed by atoms with Crippen LogP contribution in [0, 0.1) is 11.8 Å². The van der Waals surface area contributed by atoms with Crippen LogP contribution < -0.4 is 5.32 Å². The number of carbonyl (C=O) groups is 2. The van der Waals surface area contributed by atoms with E-state index in [2.05, 4.69) is 17.2 Å². The molecule has 0 aliphatic carbocycles. The Morgan fingerprint density at radius 3 is 2.76 bits per heavy atom. The second kappa shape index (κ2) is 5.92. The Morgan fingerprint density at radius 2 is 2.18 bits per heavy atom. The minimum Gasteiger partial charge on any atom is -0.478 e. The molecule has 0 bridgehead atoms. The summed E-state index contributed by atoms with van der Waals surface area (Å²) in [7, 11) is 0. The van der Waals surface area contributed by atoms with Crippen molar-refractivity contribution in [2.75, 3.05) is 6.54 Å². The molecule has 0 unspecified atom stereocenters. The number of halogens is 1. The Balaban J connectivity index is 2.90. The van der Waals surface area contributed by atoms with E-state index in [0.29, 0.717) is 10.6 Å². The Kier molecular flexibility index (Phi) is 4.56. The number of aromatic carboxylic acids is 1. The molecule has 0 atom stereocenters. The van der Waals surface area contributed by atoms with Gasteiger partial charge in [-0.05, 0) is 18.2 Å². The number of hydrogen-bond donors (Lipinski definition) is 2. The summed E-state index contributed by atoms with van der Waals surface area (Å²) in [6, 6.07) is 4.44. The van der Waals surface area contributed by atoms with E-state index >= 15 is 0 Å². The third-order valence-electron chi connectivity index (χ3n) is 1.86. The van der Waals surface area contributed by atoms with Crippen LogP contribution in [-0.2, 0) is 4.79 Å². The third-order valence-corrected chi connectivity index (χ3v) is 2.10. The highest BCUT2D eigenvalue weighted by atomic mass is 35.5. The number of carboxylic acid groups (broad SMARTS) is 1. The van der Waals surface area contributed by atoms with E-state index in [0.717, 1.165) is 0 Å². The van der Waals surface area contributed by atoms with Crippen molar-refractivity contribution >= 4 is 23.5 Å². The molecule has 1 aromatic rings. The Morgan fingerprint density at radius 1 is 1.47 bits per heavy atom. The first-order valence-corrected chi connectivity index (χ1v) is 5.14. The van der Waals surface area contributed by atoms with Gasteiger partial charge in [-0.25, -0.2) is 4.79 Å². The molecule has 5 heteroatoms. The number of carbonyl (C=O) groups excluding carboxylic acids is 1. The first-order chi connectivity index (χ1) is 8.00. The maximum atomic E-state index is 10.9. The molecule has 0 heterocycles. The molecule has 0 aliphatic heterocycles. The fraction of sp³-hybridized carbons (Fsp3) is 0.167. The van der Waals surface area contributed by atoms with Crippen molar-refractivity contribution in [1.29, 1.82) is 0 Å². The van der Waals surface area contributed by atoms with Crippen molar-refractivity contribution in [3.63, 3.8) is 0 Å². The molecule has 0 aliphatic rings. The summed E-state index contributed by atoms with van der Waals surface area (Å²) in [6.07, 6.45) is 0. The summed E-state index contributed by atoms with van der Waals surface area (Å²) in [6.45, 7) is 1.56. The highest BCUT2D eigenvalue weighted by molar-refractivity contribution is 6.31. The average Bonchev–Trinajstić information content (AvgIpc) is 2.25. The highest BCUT2D eigenvalue weighted by Crippen LogP contribution is 2.15. The van der Waals surface area contributed by atoms with E-state index < -0.39 is 5.97 Å². The number of rotatable bonds is 2. The summed E-state index contributed by atoms with van der Waals surface area (Å²) in [4.78, 5) is 21.5. The van der Waals surface area contributed by atoms with Crippen molar-refractivity contribution in [3.05, 3.63) is 34.3 Å². The van der Waals surface area contributed by atoms with Crippen molar-refractivity contribution in [3.8, 4) is 11.8 Å². The lowest BCUT2D eigenvalue weighted by molar-refractivity contribution is -0.118. The first kappa shape index (κ1) is 13.1. The molecule has 0 saturated carbocycles. The molecule has 17 heavy (non-hydrogen) atoms. The van der Waals surface area contributed by atoms with Crippen molar-refractivity contribution in [2.24, 2.45) is 0 Å². The van der Waals surface area contributed by atoms with Gasteiger partial charge in [-0.15, -0.1) is 0 Å². The lowest BCUT2D eigenvalue weighted by Crippen LogP contribution is -2.19. The van der Waals surface area contributed by atoms with Crippen LogP contribution in [0.15, 0.2) is 18.2 Å². The molecule has 1 rings (SSSR count). The van der Waals surface area contributed by atoms with Gasteiger partial charge in [0.2, 0.25) is 5.91 Å². The summed E-state index contributed by atoms with van der Waals surface area (Å²) in [5.41, 5.74) is 0.417. The number of benzene rings is 1. The van der Waals surface area contributed by atoms with Gasteiger partial charge in [-0.3, -0.25) is 4.79 Å². The van der Waals surface area contributed by atoms with Crippen molar-refractivity contribution in [2.45, 2.75) is 6.92 Å². The van der Waals surface area contributed by atoms with Crippen LogP contribution in [0.4, 0.5) is 0 Å². The van der Waals surface area contributed by atoms with Crippen LogP contribution in [0.1, 0.15) is 22.8 Å². The van der Waals surface area contributed by atoms with Crippen LogP contribution in [0.2, 0.25) is 5.02 Å². The lowest BCUT2D eigenvalue weighted by atomic mass is 10.1. The zero-order chi connectivity index (χ0) is 12.8. The van der Waals surface area contributed by atoms with E-state index in [1.165, 1.54) is 19.1 Å². The van der Waals surface area contributed by atoms with Crippen LogP contribution in [0.5, 0.6) is 0 Å². The summed E-state index contributed by atoms with van der Waals surface area (Å²) >= 11 is 5.70. The molecular formula is C12H10ClNO3. The Bertz CT molecular complexity index is 514. The number of carboxylic acids is 1. The summed E-state index contributed by atoms with van der Waals surface area (Å²) in [5, 5.41) is 11.8. The highest BCUT2D eigenvalue weighted by Gasteiger charge is 2.08. The van der Waals surface area contributed by atoms with Gasteiger partial charge in [0.05, 0.1) is 12.1 Å². The summed E-state index contributed by atoms with van der Waals surface area (Å²) in [5.74, 6) is 4.06. The van der Waals surface area contributed by atoms with Gasteiger partial charge in [-0.2, -0.15) is 0 Å². The topological polar surface area (TPSA) is 66.4 Å². The smallest absolute Gasteiger partial charge is 0.337 e. The van der Waals surface area contributed by atoms with Crippen LogP contribution in [-0.4, -0.2) is 23.5 Å². The van der Waals surface area contributed by atoms with Gasteiger partial charge in [0.1, 0.15) is 0 Å². The molecule has 0 spiro atoms. The van der Waals surface area contributed by atoms with E-state index in [4.69, 9.17) is 16.7 Å². The van der Waals surface area contributed by atoms with Gasteiger partial charge in [0.25, 0.3) is 0 Å². The van der Waals surface area contributed by atoms with Crippen LogP contribution in [0.25, 0.3) is 0 Å². The second-order valence-electron chi connectivity index (χ2n) is 3.21. The van der Waals surface area contributed by atoms with E-state index in [1.807, 2.05) is 0 Å². The van der Waals surface area contributed by atoms with Gasteiger partial charge in [0.15, 0.2) is 0 Å². The monoisotopic (exact) mass is 251 g/mol. The SMILES string of the molecule is CC(=O)NCC#Cc1ccc(Cl)cc1C(=O)O. The zero-order valence-electron chi connectivity index (χ0n) is 9.08. The maximum absolute atomic E-state index is 10.9.